The van der Waals surface area contributed by atoms with E-state index in [9.17, 15) is 13.2 Å². The summed E-state index contributed by atoms with van der Waals surface area (Å²) in [6.45, 7) is 1.33. The molecule has 1 heterocycles. The largest absolute Gasteiger partial charge is 0.355 e. The van der Waals surface area contributed by atoms with Crippen LogP contribution >= 0.6 is 50.9 Å². The van der Waals surface area contributed by atoms with Crippen molar-refractivity contribution >= 4 is 66.8 Å². The summed E-state index contributed by atoms with van der Waals surface area (Å²) in [5.41, 5.74) is 1.84. The number of sulfonamides is 1. The monoisotopic (exact) mass is 578 g/mol. The predicted molar refractivity (Wildman–Crippen MR) is 137 cm³/mol. The summed E-state index contributed by atoms with van der Waals surface area (Å²) in [6, 6.07) is 12.9. The molecular formula is C22H25BrCl2N2O3S2. The maximum Gasteiger partial charge on any atom is 0.223 e. The SMILES string of the molecule is O=C(NCCSCc1ccc(Cl)c(Cl)c1)C1CCN(S(=O)(=O)Cc2cccc(Br)c2)CC1. The Balaban J connectivity index is 1.37. The minimum atomic E-state index is -3.40. The summed E-state index contributed by atoms with van der Waals surface area (Å²) in [5, 5.41) is 4.06. The average molecular weight is 580 g/mol. The zero-order chi connectivity index (χ0) is 23.1. The highest BCUT2D eigenvalue weighted by Crippen LogP contribution is 2.25. The summed E-state index contributed by atoms with van der Waals surface area (Å²) in [7, 11) is -3.40. The molecule has 0 bridgehead atoms. The van der Waals surface area contributed by atoms with Gasteiger partial charge in [0, 0.05) is 41.5 Å². The van der Waals surface area contributed by atoms with Gasteiger partial charge in [-0.3, -0.25) is 4.79 Å². The van der Waals surface area contributed by atoms with Gasteiger partial charge < -0.3 is 5.32 Å². The fourth-order valence-electron chi connectivity index (χ4n) is 3.53. The molecule has 5 nitrogen and oxygen atoms in total. The minimum Gasteiger partial charge on any atom is -0.355 e. The number of rotatable bonds is 9. The lowest BCUT2D eigenvalue weighted by Crippen LogP contribution is -2.43. The molecule has 1 amide bonds. The third kappa shape index (κ3) is 7.64. The number of nitrogens with one attached hydrogen (secondary N) is 1. The number of piperidine rings is 1. The first kappa shape index (κ1) is 25.8. The molecule has 0 saturated carbocycles. The highest BCUT2D eigenvalue weighted by molar-refractivity contribution is 9.10. The molecule has 174 valence electrons. The molecule has 2 aromatic carbocycles. The molecule has 2 aromatic rings. The van der Waals surface area contributed by atoms with E-state index in [0.29, 0.717) is 42.5 Å². The fourth-order valence-corrected chi connectivity index (χ4v) is 6.66. The van der Waals surface area contributed by atoms with Gasteiger partial charge in [-0.1, -0.05) is 57.3 Å². The van der Waals surface area contributed by atoms with Crippen LogP contribution in [0.15, 0.2) is 46.9 Å². The highest BCUT2D eigenvalue weighted by atomic mass is 79.9. The molecule has 32 heavy (non-hydrogen) atoms. The Labute approximate surface area is 212 Å². The van der Waals surface area contributed by atoms with Gasteiger partial charge in [0.15, 0.2) is 0 Å². The topological polar surface area (TPSA) is 66.5 Å². The molecule has 1 aliphatic heterocycles. The van der Waals surface area contributed by atoms with Crippen molar-refractivity contribution in [3.05, 3.63) is 68.1 Å². The Morgan fingerprint density at radius 3 is 2.53 bits per heavy atom. The third-order valence-corrected chi connectivity index (χ3v) is 9.37. The third-order valence-electron chi connectivity index (χ3n) is 5.25. The van der Waals surface area contributed by atoms with Gasteiger partial charge in [-0.25, -0.2) is 12.7 Å². The van der Waals surface area contributed by atoms with Crippen molar-refractivity contribution in [2.45, 2.75) is 24.3 Å². The number of hydrogen-bond donors (Lipinski definition) is 1. The molecule has 0 unspecified atom stereocenters. The second kappa shape index (κ2) is 12.1. The molecule has 1 saturated heterocycles. The lowest BCUT2D eigenvalue weighted by atomic mass is 9.97. The number of nitrogens with zero attached hydrogens (tertiary/aromatic N) is 1. The number of carbonyl (C=O) groups is 1. The molecule has 0 spiro atoms. The molecule has 0 aromatic heterocycles. The summed E-state index contributed by atoms with van der Waals surface area (Å²) in [5.74, 6) is 1.41. The Morgan fingerprint density at radius 2 is 1.84 bits per heavy atom. The van der Waals surface area contributed by atoms with E-state index in [-0.39, 0.29) is 17.6 Å². The van der Waals surface area contributed by atoms with Crippen molar-refractivity contribution in [3.63, 3.8) is 0 Å². The Kier molecular flexibility index (Phi) is 9.76. The van der Waals surface area contributed by atoms with E-state index in [2.05, 4.69) is 21.2 Å². The van der Waals surface area contributed by atoms with Crippen LogP contribution in [0.3, 0.4) is 0 Å². The number of benzene rings is 2. The van der Waals surface area contributed by atoms with Gasteiger partial charge >= 0.3 is 0 Å². The van der Waals surface area contributed by atoms with Crippen molar-refractivity contribution in [1.82, 2.24) is 9.62 Å². The molecular weight excluding hydrogens is 555 g/mol. The Hall–Kier alpha value is -0.770. The van der Waals surface area contributed by atoms with Crippen molar-refractivity contribution in [2.24, 2.45) is 5.92 Å². The Morgan fingerprint density at radius 1 is 1.09 bits per heavy atom. The van der Waals surface area contributed by atoms with E-state index in [1.54, 1.807) is 17.8 Å². The van der Waals surface area contributed by atoms with Crippen LogP contribution in [-0.2, 0) is 26.3 Å². The summed E-state index contributed by atoms with van der Waals surface area (Å²) < 4.78 is 27.8. The van der Waals surface area contributed by atoms with Gasteiger partial charge in [0.05, 0.1) is 15.8 Å². The first-order valence-electron chi connectivity index (χ1n) is 10.3. The van der Waals surface area contributed by atoms with Gasteiger partial charge in [-0.15, -0.1) is 0 Å². The normalized spacial score (nSPS) is 15.6. The summed E-state index contributed by atoms with van der Waals surface area (Å²) >= 11 is 17.0. The van der Waals surface area contributed by atoms with Crippen LogP contribution in [0.4, 0.5) is 0 Å². The molecule has 1 N–H and O–H groups in total. The van der Waals surface area contributed by atoms with E-state index in [0.717, 1.165) is 27.1 Å². The fraction of sp³-hybridized carbons (Fsp3) is 0.409. The molecule has 0 radical (unpaired) electrons. The van der Waals surface area contributed by atoms with Crippen LogP contribution in [0.2, 0.25) is 10.0 Å². The second-order valence-electron chi connectivity index (χ2n) is 7.65. The average Bonchev–Trinajstić information content (AvgIpc) is 2.75. The maximum absolute atomic E-state index is 12.7. The molecule has 0 atom stereocenters. The van der Waals surface area contributed by atoms with Gasteiger partial charge in [0.25, 0.3) is 0 Å². The van der Waals surface area contributed by atoms with Crippen LogP contribution < -0.4 is 5.32 Å². The van der Waals surface area contributed by atoms with Crippen LogP contribution in [0.5, 0.6) is 0 Å². The van der Waals surface area contributed by atoms with Crippen molar-refractivity contribution in [2.75, 3.05) is 25.4 Å². The first-order valence-corrected chi connectivity index (χ1v) is 14.6. The lowest BCUT2D eigenvalue weighted by Gasteiger charge is -2.30. The standard InChI is InChI=1S/C22H25BrCl2N2O3S2/c23-19-3-1-2-17(12-19)15-32(29,30)27-9-6-18(7-10-27)22(28)26-8-11-31-14-16-4-5-20(24)21(25)13-16/h1-5,12-13,18H,6-11,14-15H2,(H,26,28). The number of hydrogen-bond acceptors (Lipinski definition) is 4. The van der Waals surface area contributed by atoms with Crippen molar-refractivity contribution in [1.29, 1.82) is 0 Å². The zero-order valence-electron chi connectivity index (χ0n) is 17.4. The minimum absolute atomic E-state index is 0.00387. The van der Waals surface area contributed by atoms with Crippen LogP contribution in [0.25, 0.3) is 0 Å². The van der Waals surface area contributed by atoms with E-state index < -0.39 is 10.0 Å². The smallest absolute Gasteiger partial charge is 0.223 e. The predicted octanol–water partition coefficient (Wildman–Crippen LogP) is 5.35. The van der Waals surface area contributed by atoms with Crippen molar-refractivity contribution < 1.29 is 13.2 Å². The van der Waals surface area contributed by atoms with E-state index in [1.165, 1.54) is 4.31 Å². The van der Waals surface area contributed by atoms with E-state index in [1.807, 2.05) is 36.4 Å². The summed E-state index contributed by atoms with van der Waals surface area (Å²) in [6.07, 6.45) is 1.08. The van der Waals surface area contributed by atoms with Gasteiger partial charge in [0.1, 0.15) is 0 Å². The van der Waals surface area contributed by atoms with Crippen LogP contribution in [-0.4, -0.2) is 44.0 Å². The second-order valence-corrected chi connectivity index (χ2v) is 12.5. The zero-order valence-corrected chi connectivity index (χ0v) is 22.1. The Bertz CT molecular complexity index is 1050. The van der Waals surface area contributed by atoms with Gasteiger partial charge in [0.2, 0.25) is 15.9 Å². The van der Waals surface area contributed by atoms with Crippen molar-refractivity contribution in [3.8, 4) is 0 Å². The first-order chi connectivity index (χ1) is 15.2. The van der Waals surface area contributed by atoms with Gasteiger partial charge in [-0.05, 0) is 48.2 Å². The van der Waals surface area contributed by atoms with Crippen LogP contribution in [0.1, 0.15) is 24.0 Å². The number of halogens is 3. The van der Waals surface area contributed by atoms with Gasteiger partial charge in [-0.2, -0.15) is 11.8 Å². The summed E-state index contributed by atoms with van der Waals surface area (Å²) in [4.78, 5) is 12.5. The van der Waals surface area contributed by atoms with E-state index in [4.69, 9.17) is 23.2 Å². The van der Waals surface area contributed by atoms with E-state index >= 15 is 0 Å². The number of thioether (sulfide) groups is 1. The maximum atomic E-state index is 12.7. The molecule has 10 heteroatoms. The van der Waals surface area contributed by atoms with Crippen LogP contribution in [0, 0.1) is 5.92 Å². The molecule has 0 aliphatic carbocycles. The molecule has 1 fully saturated rings. The molecule has 1 aliphatic rings. The number of amides is 1. The highest BCUT2D eigenvalue weighted by Gasteiger charge is 2.31. The molecule has 3 rings (SSSR count). The number of carbonyl (C=O) groups excluding carboxylic acids is 1. The lowest BCUT2D eigenvalue weighted by molar-refractivity contribution is -0.125. The quantitative estimate of drug-likeness (QED) is 0.407.